The molecule has 6 nitrogen and oxygen atoms in total. The van der Waals surface area contributed by atoms with Crippen molar-refractivity contribution in [2.45, 2.75) is 26.3 Å². The summed E-state index contributed by atoms with van der Waals surface area (Å²) < 4.78 is 0. The van der Waals surface area contributed by atoms with Crippen LogP contribution in [0.2, 0.25) is 0 Å². The third kappa shape index (κ3) is 4.39. The smallest absolute Gasteiger partial charge is 0.321 e. The number of benzene rings is 1. The van der Waals surface area contributed by atoms with Crippen LogP contribution in [0.4, 0.5) is 16.2 Å². The number of amides is 3. The maximum atomic E-state index is 12.4. The van der Waals surface area contributed by atoms with Crippen molar-refractivity contribution in [2.75, 3.05) is 36.8 Å². The molecule has 134 valence electrons. The number of carbonyl (C=O) groups is 2. The van der Waals surface area contributed by atoms with E-state index in [0.717, 1.165) is 44.0 Å². The molecule has 6 heteroatoms. The molecule has 1 saturated heterocycles. The molecule has 0 saturated carbocycles. The SMILES string of the molecule is CC(C)C(=O)Nc1ccc(NC(=O)N2CC[C@@H](N3CC=CC3)C2)cc1. The van der Waals surface area contributed by atoms with Crippen LogP contribution in [-0.4, -0.2) is 54.0 Å². The van der Waals surface area contributed by atoms with Crippen LogP contribution in [0.5, 0.6) is 0 Å². The normalized spacial score (nSPS) is 20.3. The number of nitrogens with zero attached hydrogens (tertiary/aromatic N) is 2. The van der Waals surface area contributed by atoms with Crippen LogP contribution in [0.3, 0.4) is 0 Å². The molecule has 0 spiro atoms. The second kappa shape index (κ2) is 7.70. The van der Waals surface area contributed by atoms with E-state index in [4.69, 9.17) is 0 Å². The van der Waals surface area contributed by atoms with Crippen molar-refractivity contribution in [3.05, 3.63) is 36.4 Å². The summed E-state index contributed by atoms with van der Waals surface area (Å²) in [6.45, 7) is 7.25. The van der Waals surface area contributed by atoms with Crippen LogP contribution < -0.4 is 10.6 Å². The van der Waals surface area contributed by atoms with Crippen molar-refractivity contribution in [2.24, 2.45) is 5.92 Å². The van der Waals surface area contributed by atoms with Gasteiger partial charge in [-0.2, -0.15) is 0 Å². The Morgan fingerprint density at radius 2 is 1.64 bits per heavy atom. The van der Waals surface area contributed by atoms with E-state index in [9.17, 15) is 9.59 Å². The molecule has 2 aliphatic heterocycles. The van der Waals surface area contributed by atoms with Gasteiger partial charge < -0.3 is 15.5 Å². The second-order valence-corrected chi connectivity index (χ2v) is 6.97. The first-order valence-electron chi connectivity index (χ1n) is 8.89. The molecule has 2 N–H and O–H groups in total. The van der Waals surface area contributed by atoms with E-state index in [1.165, 1.54) is 0 Å². The first-order valence-corrected chi connectivity index (χ1v) is 8.89. The summed E-state index contributed by atoms with van der Waals surface area (Å²) in [6.07, 6.45) is 5.39. The number of rotatable bonds is 4. The summed E-state index contributed by atoms with van der Waals surface area (Å²) in [5.41, 5.74) is 1.47. The lowest BCUT2D eigenvalue weighted by atomic mass is 10.2. The van der Waals surface area contributed by atoms with Gasteiger partial charge in [-0.05, 0) is 30.7 Å². The molecular weight excluding hydrogens is 316 g/mol. The van der Waals surface area contributed by atoms with Crippen LogP contribution >= 0.6 is 0 Å². The van der Waals surface area contributed by atoms with Crippen molar-refractivity contribution >= 4 is 23.3 Å². The molecule has 2 aliphatic rings. The Labute approximate surface area is 148 Å². The fourth-order valence-corrected chi connectivity index (χ4v) is 3.14. The summed E-state index contributed by atoms with van der Waals surface area (Å²) in [4.78, 5) is 28.4. The minimum Gasteiger partial charge on any atom is -0.326 e. The van der Waals surface area contributed by atoms with E-state index in [-0.39, 0.29) is 17.9 Å². The maximum Gasteiger partial charge on any atom is 0.321 e. The molecule has 0 unspecified atom stereocenters. The predicted octanol–water partition coefficient (Wildman–Crippen LogP) is 2.76. The first kappa shape index (κ1) is 17.5. The van der Waals surface area contributed by atoms with Crippen LogP contribution in [0.25, 0.3) is 0 Å². The lowest BCUT2D eigenvalue weighted by Crippen LogP contribution is -2.38. The molecule has 0 aliphatic carbocycles. The van der Waals surface area contributed by atoms with Gasteiger partial charge in [-0.15, -0.1) is 0 Å². The van der Waals surface area contributed by atoms with Gasteiger partial charge in [0.05, 0.1) is 0 Å². The van der Waals surface area contributed by atoms with E-state index in [0.29, 0.717) is 6.04 Å². The number of anilines is 2. The zero-order valence-corrected chi connectivity index (χ0v) is 14.9. The highest BCUT2D eigenvalue weighted by molar-refractivity contribution is 5.93. The van der Waals surface area contributed by atoms with E-state index in [2.05, 4.69) is 27.7 Å². The molecule has 3 rings (SSSR count). The van der Waals surface area contributed by atoms with Gasteiger partial charge in [0.2, 0.25) is 5.91 Å². The molecule has 2 heterocycles. The average Bonchev–Trinajstić information content (AvgIpc) is 3.27. The molecular formula is C19H26N4O2. The average molecular weight is 342 g/mol. The fourth-order valence-electron chi connectivity index (χ4n) is 3.14. The van der Waals surface area contributed by atoms with Crippen molar-refractivity contribution < 1.29 is 9.59 Å². The van der Waals surface area contributed by atoms with Gasteiger partial charge in [0.1, 0.15) is 0 Å². The monoisotopic (exact) mass is 342 g/mol. The van der Waals surface area contributed by atoms with Gasteiger partial charge in [-0.1, -0.05) is 26.0 Å². The van der Waals surface area contributed by atoms with Gasteiger partial charge in [-0.3, -0.25) is 9.69 Å². The second-order valence-electron chi connectivity index (χ2n) is 6.97. The first-order chi connectivity index (χ1) is 12.0. The Morgan fingerprint density at radius 3 is 2.24 bits per heavy atom. The third-order valence-corrected chi connectivity index (χ3v) is 4.74. The molecule has 25 heavy (non-hydrogen) atoms. The lowest BCUT2D eigenvalue weighted by molar-refractivity contribution is -0.118. The number of nitrogens with one attached hydrogen (secondary N) is 2. The quantitative estimate of drug-likeness (QED) is 0.827. The largest absolute Gasteiger partial charge is 0.326 e. The molecule has 0 aromatic heterocycles. The van der Waals surface area contributed by atoms with Gasteiger partial charge in [-0.25, -0.2) is 4.79 Å². The molecule has 1 fully saturated rings. The van der Waals surface area contributed by atoms with Crippen LogP contribution in [-0.2, 0) is 4.79 Å². The van der Waals surface area contributed by atoms with Crippen molar-refractivity contribution in [1.82, 2.24) is 9.80 Å². The molecule has 0 bridgehead atoms. The van der Waals surface area contributed by atoms with E-state index < -0.39 is 0 Å². The number of likely N-dealkylation sites (tertiary alicyclic amines) is 1. The van der Waals surface area contributed by atoms with Crippen molar-refractivity contribution in [1.29, 1.82) is 0 Å². The number of hydrogen-bond acceptors (Lipinski definition) is 3. The topological polar surface area (TPSA) is 64.7 Å². The standard InChI is InChI=1S/C19H26N4O2/c1-14(2)18(24)20-15-5-7-16(8-6-15)21-19(25)23-12-9-17(13-23)22-10-3-4-11-22/h3-8,14,17H,9-13H2,1-2H3,(H,20,24)(H,21,25)/t17-/m1/s1. The third-order valence-electron chi connectivity index (χ3n) is 4.74. The predicted molar refractivity (Wildman–Crippen MR) is 99.6 cm³/mol. The van der Waals surface area contributed by atoms with Gasteiger partial charge >= 0.3 is 6.03 Å². The number of hydrogen-bond donors (Lipinski definition) is 2. The highest BCUT2D eigenvalue weighted by Gasteiger charge is 2.30. The van der Waals surface area contributed by atoms with Crippen LogP contribution in [0.1, 0.15) is 20.3 Å². The highest BCUT2D eigenvalue weighted by Crippen LogP contribution is 2.20. The van der Waals surface area contributed by atoms with Crippen LogP contribution in [0, 0.1) is 5.92 Å². The molecule has 1 aromatic rings. The summed E-state index contributed by atoms with van der Waals surface area (Å²) in [6, 6.07) is 7.62. The Kier molecular flexibility index (Phi) is 5.38. The summed E-state index contributed by atoms with van der Waals surface area (Å²) in [7, 11) is 0. The zero-order valence-electron chi connectivity index (χ0n) is 14.9. The number of carbonyl (C=O) groups excluding carboxylic acids is 2. The minimum atomic E-state index is -0.0618. The molecule has 3 amide bonds. The summed E-state index contributed by atoms with van der Waals surface area (Å²) in [5.74, 6) is -0.0791. The van der Waals surface area contributed by atoms with Crippen molar-refractivity contribution in [3.63, 3.8) is 0 Å². The van der Waals surface area contributed by atoms with Gasteiger partial charge in [0.15, 0.2) is 0 Å². The Hall–Kier alpha value is -2.34. The minimum absolute atomic E-state index is 0.0173. The van der Waals surface area contributed by atoms with Crippen molar-refractivity contribution in [3.8, 4) is 0 Å². The summed E-state index contributed by atoms with van der Waals surface area (Å²) in [5, 5.41) is 5.78. The van der Waals surface area contributed by atoms with Crippen LogP contribution in [0.15, 0.2) is 36.4 Å². The lowest BCUT2D eigenvalue weighted by Gasteiger charge is -2.23. The van der Waals surface area contributed by atoms with E-state index in [1.54, 1.807) is 12.1 Å². The van der Waals surface area contributed by atoms with E-state index >= 15 is 0 Å². The Bertz CT molecular complexity index is 646. The Morgan fingerprint density at radius 1 is 1.04 bits per heavy atom. The number of urea groups is 1. The molecule has 1 atom stereocenters. The maximum absolute atomic E-state index is 12.4. The molecule has 0 radical (unpaired) electrons. The Balaban J connectivity index is 1.50. The summed E-state index contributed by atoms with van der Waals surface area (Å²) >= 11 is 0. The zero-order chi connectivity index (χ0) is 17.8. The highest BCUT2D eigenvalue weighted by atomic mass is 16.2. The fraction of sp³-hybridized carbons (Fsp3) is 0.474. The van der Waals surface area contributed by atoms with E-state index in [1.807, 2.05) is 30.9 Å². The van der Waals surface area contributed by atoms with Gasteiger partial charge in [0.25, 0.3) is 0 Å². The van der Waals surface area contributed by atoms with Gasteiger partial charge in [0, 0.05) is 49.5 Å². The molecule has 1 aromatic carbocycles.